The van der Waals surface area contributed by atoms with Crippen LogP contribution >= 0.6 is 23.2 Å². The number of hydrogen-bond acceptors (Lipinski definition) is 6. The number of anilines is 2. The van der Waals surface area contributed by atoms with Crippen LogP contribution in [-0.4, -0.2) is 27.5 Å². The second kappa shape index (κ2) is 11.9. The summed E-state index contributed by atoms with van der Waals surface area (Å²) in [5.41, 5.74) is 2.36. The first-order valence-electron chi connectivity index (χ1n) is 12.6. The van der Waals surface area contributed by atoms with Crippen molar-refractivity contribution < 1.29 is 4.79 Å². The van der Waals surface area contributed by atoms with Gasteiger partial charge in [-0.2, -0.15) is 10.2 Å². The van der Waals surface area contributed by atoms with Crippen molar-refractivity contribution in [3.05, 3.63) is 92.3 Å². The Morgan fingerprint density at radius 1 is 1.12 bits per heavy atom. The number of aryl methyl sites for hydroxylation is 2. The highest BCUT2D eigenvalue weighted by Crippen LogP contribution is 2.30. The number of nitriles is 1. The van der Waals surface area contributed by atoms with E-state index in [-0.39, 0.29) is 16.5 Å². The van der Waals surface area contributed by atoms with Gasteiger partial charge in [0.15, 0.2) is 0 Å². The molecule has 204 valence electrons. The fourth-order valence-electron chi connectivity index (χ4n) is 4.21. The lowest BCUT2D eigenvalue weighted by atomic mass is 9.93. The Morgan fingerprint density at radius 3 is 2.58 bits per heavy atom. The van der Waals surface area contributed by atoms with Gasteiger partial charge in [0.25, 0.3) is 11.5 Å². The maximum atomic E-state index is 13.8. The molecule has 4 rings (SSSR count). The van der Waals surface area contributed by atoms with Crippen LogP contribution in [0.15, 0.2) is 71.2 Å². The molecule has 40 heavy (non-hydrogen) atoms. The number of rotatable bonds is 7. The van der Waals surface area contributed by atoms with E-state index in [1.54, 1.807) is 54.2 Å². The van der Waals surface area contributed by atoms with Crippen molar-refractivity contribution in [3.8, 4) is 17.2 Å². The third kappa shape index (κ3) is 6.68. The molecule has 0 radical (unpaired) electrons. The molecule has 0 aliphatic carbocycles. The van der Waals surface area contributed by atoms with Crippen molar-refractivity contribution >= 4 is 51.8 Å². The predicted octanol–water partition coefficient (Wildman–Crippen LogP) is 6.48. The summed E-state index contributed by atoms with van der Waals surface area (Å²) >= 11 is 12.5. The van der Waals surface area contributed by atoms with E-state index in [0.29, 0.717) is 56.8 Å². The maximum Gasteiger partial charge on any atom is 0.265 e. The zero-order valence-electron chi connectivity index (χ0n) is 22.5. The third-order valence-electron chi connectivity index (χ3n) is 6.02. The van der Waals surface area contributed by atoms with Gasteiger partial charge in [-0.1, -0.05) is 68.2 Å². The summed E-state index contributed by atoms with van der Waals surface area (Å²) < 4.78 is 1.60. The summed E-state index contributed by atoms with van der Waals surface area (Å²) in [5.74, 6) is -0.0835. The van der Waals surface area contributed by atoms with E-state index in [2.05, 4.69) is 20.6 Å². The normalized spacial score (nSPS) is 11.8. The number of halogens is 2. The lowest BCUT2D eigenvalue weighted by Crippen LogP contribution is -2.24. The third-order valence-corrected chi connectivity index (χ3v) is 6.57. The number of hydrogen-bond donors (Lipinski definition) is 2. The number of carbonyl (C=O) groups excluding carboxylic acids is 1. The molecule has 0 unspecified atom stereocenters. The monoisotopic (exact) mass is 574 g/mol. The molecule has 4 aromatic rings. The molecule has 10 heteroatoms. The summed E-state index contributed by atoms with van der Waals surface area (Å²) in [6.45, 7) is 6.07. The average Bonchev–Trinajstić information content (AvgIpc) is 2.90. The topological polar surface area (TPSA) is 113 Å². The first-order valence-corrected chi connectivity index (χ1v) is 13.3. The molecule has 1 amide bonds. The largest absolute Gasteiger partial charge is 0.357 e. The molecule has 0 saturated heterocycles. The lowest BCUT2D eigenvalue weighted by molar-refractivity contribution is -0.112. The molecular weight excluding hydrogens is 547 g/mol. The predicted molar refractivity (Wildman–Crippen MR) is 161 cm³/mol. The Balaban J connectivity index is 1.68. The summed E-state index contributed by atoms with van der Waals surface area (Å²) in [4.78, 5) is 35.3. The molecule has 8 nitrogen and oxygen atoms in total. The van der Waals surface area contributed by atoms with E-state index in [1.807, 2.05) is 45.0 Å². The highest BCUT2D eigenvalue weighted by Gasteiger charge is 2.17. The highest BCUT2D eigenvalue weighted by atomic mass is 35.5. The van der Waals surface area contributed by atoms with Gasteiger partial charge in [0.1, 0.15) is 17.3 Å². The number of benzene rings is 2. The number of allylic oxidation sites excluding steroid dienone is 1. The number of fused-ring (bicyclic) bond motifs is 1. The summed E-state index contributed by atoms with van der Waals surface area (Å²) in [5, 5.41) is 16.7. The summed E-state index contributed by atoms with van der Waals surface area (Å²) in [6, 6.07) is 16.0. The fraction of sp³-hybridized carbons (Fsp3) is 0.233. The van der Waals surface area contributed by atoms with E-state index < -0.39 is 5.91 Å². The van der Waals surface area contributed by atoms with Crippen LogP contribution in [0.2, 0.25) is 10.0 Å². The molecule has 0 aliphatic heterocycles. The van der Waals surface area contributed by atoms with Gasteiger partial charge in [0, 0.05) is 47.0 Å². The fourth-order valence-corrected chi connectivity index (χ4v) is 4.72. The van der Waals surface area contributed by atoms with Gasteiger partial charge in [-0.3, -0.25) is 14.2 Å². The average molecular weight is 576 g/mol. The van der Waals surface area contributed by atoms with Gasteiger partial charge in [-0.25, -0.2) is 4.98 Å². The van der Waals surface area contributed by atoms with Crippen molar-refractivity contribution in [1.82, 2.24) is 14.5 Å². The van der Waals surface area contributed by atoms with Gasteiger partial charge >= 0.3 is 0 Å². The number of nitrogens with zero attached hydrogens (tertiary/aromatic N) is 4. The molecule has 0 fully saturated rings. The highest BCUT2D eigenvalue weighted by molar-refractivity contribution is 6.36. The van der Waals surface area contributed by atoms with Crippen LogP contribution in [0.4, 0.5) is 11.6 Å². The van der Waals surface area contributed by atoms with Crippen LogP contribution in [0, 0.1) is 16.7 Å². The number of pyridine rings is 1. The van der Waals surface area contributed by atoms with Gasteiger partial charge in [0.05, 0.1) is 5.02 Å². The van der Waals surface area contributed by atoms with Gasteiger partial charge in [-0.05, 0) is 47.7 Å². The molecule has 2 heterocycles. The van der Waals surface area contributed by atoms with Gasteiger partial charge < -0.3 is 10.6 Å². The van der Waals surface area contributed by atoms with Crippen molar-refractivity contribution in [2.75, 3.05) is 17.7 Å². The van der Waals surface area contributed by atoms with E-state index >= 15 is 0 Å². The Hall–Kier alpha value is -4.19. The first-order chi connectivity index (χ1) is 19.0. The zero-order chi connectivity index (χ0) is 29.0. The van der Waals surface area contributed by atoms with Crippen LogP contribution < -0.4 is 16.2 Å². The van der Waals surface area contributed by atoms with Crippen LogP contribution in [0.1, 0.15) is 26.3 Å². The number of amides is 1. The van der Waals surface area contributed by atoms with Crippen molar-refractivity contribution in [3.63, 3.8) is 0 Å². The number of nitrogens with one attached hydrogen (secondary N) is 2. The minimum absolute atomic E-state index is 0.0497. The molecule has 0 saturated carbocycles. The molecule has 0 aliphatic rings. The zero-order valence-corrected chi connectivity index (χ0v) is 24.1. The summed E-state index contributed by atoms with van der Waals surface area (Å²) in [7, 11) is 1.71. The minimum Gasteiger partial charge on any atom is -0.357 e. The smallest absolute Gasteiger partial charge is 0.265 e. The lowest BCUT2D eigenvalue weighted by Gasteiger charge is -2.15. The van der Waals surface area contributed by atoms with Gasteiger partial charge in [0.2, 0.25) is 5.95 Å². The van der Waals surface area contributed by atoms with Crippen LogP contribution in [0.3, 0.4) is 0 Å². The number of aromatic nitrogens is 3. The standard InChI is InChI=1S/C30H28Cl2N6O2/c1-30(2,3)15-20(16-33)27(39)36-22-7-5-6-18(12-22)10-11-38-26-19(17-35-29(34-4)37-26)13-24(28(38)40)23-9-8-21(31)14-25(23)32/h5-9,12-15,17H,10-11H2,1-4H3,(H,36,39)(H,34,35,37). The Morgan fingerprint density at radius 2 is 1.90 bits per heavy atom. The Labute approximate surface area is 242 Å². The van der Waals surface area contributed by atoms with E-state index in [0.717, 1.165) is 5.56 Å². The molecule has 0 atom stereocenters. The van der Waals surface area contributed by atoms with Crippen LogP contribution in [0.25, 0.3) is 22.2 Å². The maximum absolute atomic E-state index is 13.8. The van der Waals surface area contributed by atoms with Gasteiger partial charge in [-0.15, -0.1) is 0 Å². The molecule has 2 aromatic heterocycles. The molecular formula is C30H28Cl2N6O2. The Bertz CT molecular complexity index is 1730. The van der Waals surface area contributed by atoms with Crippen LogP contribution in [0.5, 0.6) is 0 Å². The SMILES string of the molecule is CNc1ncc2cc(-c3ccc(Cl)cc3Cl)c(=O)n(CCc3cccc(NC(=O)C(C#N)=CC(C)(C)C)c3)c2n1. The van der Waals surface area contributed by atoms with Crippen LogP contribution in [-0.2, 0) is 17.8 Å². The van der Waals surface area contributed by atoms with E-state index in [9.17, 15) is 14.9 Å². The van der Waals surface area contributed by atoms with E-state index in [4.69, 9.17) is 23.2 Å². The molecule has 2 N–H and O–H groups in total. The second-order valence-electron chi connectivity index (χ2n) is 10.3. The molecule has 0 bridgehead atoms. The van der Waals surface area contributed by atoms with Crippen molar-refractivity contribution in [2.24, 2.45) is 5.41 Å². The second-order valence-corrected chi connectivity index (χ2v) is 11.1. The van der Waals surface area contributed by atoms with E-state index in [1.165, 1.54) is 0 Å². The Kier molecular flexibility index (Phi) is 8.58. The minimum atomic E-state index is -0.472. The van der Waals surface area contributed by atoms with Crippen molar-refractivity contribution in [1.29, 1.82) is 5.26 Å². The summed E-state index contributed by atoms with van der Waals surface area (Å²) in [6.07, 6.45) is 3.77. The number of carbonyl (C=O) groups is 1. The first kappa shape index (κ1) is 28.8. The molecule has 2 aromatic carbocycles. The molecule has 0 spiro atoms. The quantitative estimate of drug-likeness (QED) is 0.193. The van der Waals surface area contributed by atoms with Crippen molar-refractivity contribution in [2.45, 2.75) is 33.7 Å².